The summed E-state index contributed by atoms with van der Waals surface area (Å²) in [7, 11) is 0. The fraction of sp³-hybridized carbons (Fsp3) is 0.261. The number of carbonyl (C=O) groups excluding carboxylic acids is 1. The molecule has 0 fully saturated rings. The maximum atomic E-state index is 13.2. The van der Waals surface area contributed by atoms with Crippen LogP contribution in [0.1, 0.15) is 46.9 Å². The van der Waals surface area contributed by atoms with E-state index in [9.17, 15) is 14.9 Å². The summed E-state index contributed by atoms with van der Waals surface area (Å²) >= 11 is 0. The zero-order valence-corrected chi connectivity index (χ0v) is 17.2. The fourth-order valence-electron chi connectivity index (χ4n) is 3.65. The number of fused-ring (bicyclic) bond motifs is 1. The predicted molar refractivity (Wildman–Crippen MR) is 117 cm³/mol. The lowest BCUT2D eigenvalue weighted by atomic mass is 10.0. The molecule has 0 aliphatic rings. The van der Waals surface area contributed by atoms with Gasteiger partial charge in [-0.25, -0.2) is 0 Å². The van der Waals surface area contributed by atoms with Crippen LogP contribution in [0.2, 0.25) is 0 Å². The highest BCUT2D eigenvalue weighted by Gasteiger charge is 2.22. The van der Waals surface area contributed by atoms with Gasteiger partial charge in [-0.2, -0.15) is 0 Å². The number of nitro groups is 1. The minimum absolute atomic E-state index is 0.0206. The lowest BCUT2D eigenvalue weighted by Crippen LogP contribution is -2.18. The fourth-order valence-corrected chi connectivity index (χ4v) is 3.65. The van der Waals surface area contributed by atoms with E-state index in [1.165, 1.54) is 11.6 Å². The first-order chi connectivity index (χ1) is 13.8. The normalized spacial score (nSPS) is 11.1. The number of aromatic nitrogens is 1. The van der Waals surface area contributed by atoms with Gasteiger partial charge in [0.1, 0.15) is 5.69 Å². The van der Waals surface area contributed by atoms with Gasteiger partial charge in [-0.05, 0) is 49.1 Å². The van der Waals surface area contributed by atoms with Crippen LogP contribution in [-0.4, -0.2) is 15.4 Å². The third-order valence-electron chi connectivity index (χ3n) is 5.28. The molecule has 29 heavy (non-hydrogen) atoms. The molecule has 3 aromatic rings. The number of benzene rings is 2. The van der Waals surface area contributed by atoms with Crippen LogP contribution >= 0.6 is 0 Å². The van der Waals surface area contributed by atoms with Crippen molar-refractivity contribution in [1.29, 1.82) is 0 Å². The second-order valence-electron chi connectivity index (χ2n) is 7.47. The monoisotopic (exact) mass is 391 g/mol. The number of aryl methyl sites for hydroxylation is 1. The second-order valence-corrected chi connectivity index (χ2v) is 7.47. The zero-order chi connectivity index (χ0) is 21.3. The molecule has 0 radical (unpaired) electrons. The highest BCUT2D eigenvalue weighted by molar-refractivity contribution is 6.09. The minimum atomic E-state index is -0.446. The number of anilines is 1. The molecule has 1 N–H and O–H groups in total. The van der Waals surface area contributed by atoms with E-state index in [1.807, 2.05) is 17.6 Å². The first-order valence-electron chi connectivity index (χ1n) is 9.55. The SMILES string of the molecule is C=CCn1c(C(=O)Nc2cccc([N+](=O)[O-])c2C)c(C)c2cc(C(C)C)ccc21. The molecule has 6 heteroatoms. The van der Waals surface area contributed by atoms with Gasteiger partial charge in [0.15, 0.2) is 0 Å². The largest absolute Gasteiger partial charge is 0.332 e. The molecule has 1 amide bonds. The minimum Gasteiger partial charge on any atom is -0.332 e. The number of nitro benzene ring substituents is 1. The molecule has 0 saturated carbocycles. The Morgan fingerprint density at radius 2 is 1.97 bits per heavy atom. The van der Waals surface area contributed by atoms with E-state index < -0.39 is 4.92 Å². The molecule has 0 aliphatic heterocycles. The average Bonchev–Trinajstić information content (AvgIpc) is 2.95. The van der Waals surface area contributed by atoms with E-state index in [4.69, 9.17) is 0 Å². The Balaban J connectivity index is 2.11. The van der Waals surface area contributed by atoms with Crippen molar-refractivity contribution in [2.75, 3.05) is 5.32 Å². The van der Waals surface area contributed by atoms with Crippen molar-refractivity contribution in [1.82, 2.24) is 4.57 Å². The van der Waals surface area contributed by atoms with Gasteiger partial charge in [-0.1, -0.05) is 32.1 Å². The maximum absolute atomic E-state index is 13.2. The number of amides is 1. The zero-order valence-electron chi connectivity index (χ0n) is 17.2. The van der Waals surface area contributed by atoms with Crippen molar-refractivity contribution >= 4 is 28.2 Å². The van der Waals surface area contributed by atoms with Crippen LogP contribution in [0.15, 0.2) is 49.1 Å². The van der Waals surface area contributed by atoms with Crippen LogP contribution in [0.4, 0.5) is 11.4 Å². The molecule has 0 atom stereocenters. The van der Waals surface area contributed by atoms with E-state index in [0.29, 0.717) is 29.4 Å². The standard InChI is InChI=1S/C23H25N3O3/c1-6-12-25-21-11-10-17(14(2)3)13-18(21)15(4)22(25)23(27)24-19-8-7-9-20(16(19)5)26(28)29/h6-11,13-14H,1,12H2,2-5H3,(H,24,27). The molecule has 3 rings (SSSR count). The molecule has 0 aliphatic carbocycles. The smallest absolute Gasteiger partial charge is 0.274 e. The molecule has 1 heterocycles. The van der Waals surface area contributed by atoms with Gasteiger partial charge in [0, 0.05) is 23.5 Å². The van der Waals surface area contributed by atoms with Gasteiger partial charge in [0.05, 0.1) is 16.2 Å². The molecule has 2 aromatic carbocycles. The summed E-state index contributed by atoms with van der Waals surface area (Å²) in [5.41, 5.74) is 4.42. The Labute approximate surface area is 170 Å². The Morgan fingerprint density at radius 3 is 2.59 bits per heavy atom. The van der Waals surface area contributed by atoms with Crippen LogP contribution in [0, 0.1) is 24.0 Å². The van der Waals surface area contributed by atoms with Crippen LogP contribution in [-0.2, 0) is 6.54 Å². The Bertz CT molecular complexity index is 1130. The third-order valence-corrected chi connectivity index (χ3v) is 5.28. The molecule has 6 nitrogen and oxygen atoms in total. The topological polar surface area (TPSA) is 77.2 Å². The van der Waals surface area contributed by atoms with E-state index in [2.05, 4.69) is 37.9 Å². The van der Waals surface area contributed by atoms with Gasteiger partial charge in [-0.3, -0.25) is 14.9 Å². The number of carbonyl (C=O) groups is 1. The summed E-state index contributed by atoms with van der Waals surface area (Å²) in [5.74, 6) is 0.0848. The quantitative estimate of drug-likeness (QED) is 0.331. The number of hydrogen-bond donors (Lipinski definition) is 1. The predicted octanol–water partition coefficient (Wildman–Crippen LogP) is 5.73. The Kier molecular flexibility index (Phi) is 5.55. The summed E-state index contributed by atoms with van der Waals surface area (Å²) in [6.07, 6.45) is 1.75. The second kappa shape index (κ2) is 7.91. The van der Waals surface area contributed by atoms with E-state index in [-0.39, 0.29) is 11.6 Å². The van der Waals surface area contributed by atoms with Crippen molar-refractivity contribution in [3.05, 3.63) is 81.6 Å². The first-order valence-corrected chi connectivity index (χ1v) is 9.55. The van der Waals surface area contributed by atoms with Gasteiger partial charge in [-0.15, -0.1) is 6.58 Å². The number of allylic oxidation sites excluding steroid dienone is 1. The van der Waals surface area contributed by atoms with Crippen LogP contribution in [0.25, 0.3) is 10.9 Å². The highest BCUT2D eigenvalue weighted by atomic mass is 16.6. The van der Waals surface area contributed by atoms with Gasteiger partial charge >= 0.3 is 0 Å². The summed E-state index contributed by atoms with van der Waals surface area (Å²) in [6, 6.07) is 10.9. The molecule has 150 valence electrons. The van der Waals surface area contributed by atoms with E-state index >= 15 is 0 Å². The summed E-state index contributed by atoms with van der Waals surface area (Å²) in [5, 5.41) is 15.1. The van der Waals surface area contributed by atoms with Gasteiger partial charge in [0.25, 0.3) is 11.6 Å². The Morgan fingerprint density at radius 1 is 1.24 bits per heavy atom. The van der Waals surface area contributed by atoms with E-state index in [0.717, 1.165) is 16.5 Å². The number of nitrogens with one attached hydrogen (secondary N) is 1. The molecule has 0 unspecified atom stereocenters. The molecular weight excluding hydrogens is 366 g/mol. The van der Waals surface area contributed by atoms with Crippen LogP contribution < -0.4 is 5.32 Å². The lowest BCUT2D eigenvalue weighted by molar-refractivity contribution is -0.385. The maximum Gasteiger partial charge on any atom is 0.274 e. The van der Waals surface area contributed by atoms with Crippen molar-refractivity contribution in [2.45, 2.75) is 40.2 Å². The van der Waals surface area contributed by atoms with Crippen molar-refractivity contribution in [3.8, 4) is 0 Å². The molecular formula is C23H25N3O3. The van der Waals surface area contributed by atoms with Gasteiger partial charge < -0.3 is 9.88 Å². The van der Waals surface area contributed by atoms with Crippen molar-refractivity contribution in [2.24, 2.45) is 0 Å². The third kappa shape index (κ3) is 3.66. The van der Waals surface area contributed by atoms with Gasteiger partial charge in [0.2, 0.25) is 0 Å². The molecule has 0 spiro atoms. The molecule has 1 aromatic heterocycles. The highest BCUT2D eigenvalue weighted by Crippen LogP contribution is 2.31. The van der Waals surface area contributed by atoms with Crippen LogP contribution in [0.5, 0.6) is 0 Å². The first kappa shape index (κ1) is 20.3. The van der Waals surface area contributed by atoms with Crippen LogP contribution in [0.3, 0.4) is 0 Å². The summed E-state index contributed by atoms with van der Waals surface area (Å²) < 4.78 is 1.93. The summed E-state index contributed by atoms with van der Waals surface area (Å²) in [4.78, 5) is 24.0. The number of nitrogens with zero attached hydrogens (tertiary/aromatic N) is 2. The Hall–Kier alpha value is -3.41. The van der Waals surface area contributed by atoms with E-state index in [1.54, 1.807) is 25.1 Å². The van der Waals surface area contributed by atoms with Crippen molar-refractivity contribution < 1.29 is 9.72 Å². The molecule has 0 saturated heterocycles. The summed E-state index contributed by atoms with van der Waals surface area (Å²) in [6.45, 7) is 12.1. The lowest BCUT2D eigenvalue weighted by Gasteiger charge is -2.12. The average molecular weight is 391 g/mol. The van der Waals surface area contributed by atoms with Crippen molar-refractivity contribution in [3.63, 3.8) is 0 Å². The number of hydrogen-bond acceptors (Lipinski definition) is 3. The molecule has 0 bridgehead atoms. The number of rotatable bonds is 6.